The molecule has 0 atom stereocenters. The van der Waals surface area contributed by atoms with Crippen molar-refractivity contribution < 1.29 is 23.4 Å². The summed E-state index contributed by atoms with van der Waals surface area (Å²) in [6.07, 6.45) is 0.422. The second kappa shape index (κ2) is 5.28. The Hall–Kier alpha value is -1.44. The molecule has 0 aromatic heterocycles. The molecule has 6 nitrogen and oxygen atoms in total. The van der Waals surface area contributed by atoms with Crippen molar-refractivity contribution in [1.82, 2.24) is 4.72 Å². The minimum Gasteiger partial charge on any atom is -0.478 e. The Morgan fingerprint density at radius 2 is 2.05 bits per heavy atom. The zero-order valence-electron chi connectivity index (χ0n) is 10.1. The lowest BCUT2D eigenvalue weighted by Crippen LogP contribution is -2.46. The Labute approximate surface area is 111 Å². The van der Waals surface area contributed by atoms with Crippen LogP contribution in [0.2, 0.25) is 0 Å². The van der Waals surface area contributed by atoms with E-state index >= 15 is 0 Å². The highest BCUT2D eigenvalue weighted by Gasteiger charge is 2.30. The molecule has 19 heavy (non-hydrogen) atoms. The van der Waals surface area contributed by atoms with Gasteiger partial charge in [0, 0.05) is 6.04 Å². The number of aliphatic hydroxyl groups is 1. The highest BCUT2D eigenvalue weighted by atomic mass is 32.2. The summed E-state index contributed by atoms with van der Waals surface area (Å²) < 4.78 is 26.2. The van der Waals surface area contributed by atoms with Crippen molar-refractivity contribution in [2.24, 2.45) is 0 Å². The van der Waals surface area contributed by atoms with Crippen molar-refractivity contribution in [2.75, 3.05) is 0 Å². The topological polar surface area (TPSA) is 104 Å². The summed E-state index contributed by atoms with van der Waals surface area (Å²) in [5, 5.41) is 17.9. The number of carbonyl (C=O) groups is 1. The van der Waals surface area contributed by atoms with Gasteiger partial charge >= 0.3 is 5.97 Å². The molecular formula is C12H15NO5S. The summed E-state index contributed by atoms with van der Waals surface area (Å²) >= 11 is 0. The average molecular weight is 285 g/mol. The third-order valence-corrected chi connectivity index (χ3v) is 4.40. The number of carboxylic acids is 1. The van der Waals surface area contributed by atoms with Crippen molar-refractivity contribution in [3.05, 3.63) is 35.4 Å². The number of sulfonamides is 1. The molecule has 7 heteroatoms. The van der Waals surface area contributed by atoms with E-state index in [1.807, 2.05) is 0 Å². The largest absolute Gasteiger partial charge is 0.478 e. The molecule has 2 rings (SSSR count). The Bertz CT molecular complexity index is 578. The van der Waals surface area contributed by atoms with Crippen LogP contribution >= 0.6 is 0 Å². The molecule has 3 N–H and O–H groups in total. The number of aromatic carboxylic acids is 1. The highest BCUT2D eigenvalue weighted by molar-refractivity contribution is 7.88. The molecule has 0 bridgehead atoms. The summed E-state index contributed by atoms with van der Waals surface area (Å²) in [6, 6.07) is 5.62. The molecule has 0 unspecified atom stereocenters. The summed E-state index contributed by atoms with van der Waals surface area (Å²) in [5.74, 6) is -1.35. The van der Waals surface area contributed by atoms with Crippen LogP contribution in [-0.2, 0) is 15.8 Å². The summed E-state index contributed by atoms with van der Waals surface area (Å²) in [5.41, 5.74) is 0.485. The van der Waals surface area contributed by atoms with Gasteiger partial charge in [-0.05, 0) is 30.5 Å². The molecule has 0 aliphatic heterocycles. The molecule has 104 valence electrons. The standard InChI is InChI=1S/C12H15NO5S/c14-11-5-10(6-11)13-19(17,18)7-8-2-1-3-9(4-8)12(15)16/h1-4,10-11,13-14H,5-7H2,(H,15,16). The monoisotopic (exact) mass is 285 g/mol. The Kier molecular flexibility index (Phi) is 3.88. The third kappa shape index (κ3) is 3.76. The second-order valence-corrected chi connectivity index (χ2v) is 6.46. The van der Waals surface area contributed by atoms with Crippen LogP contribution in [0, 0.1) is 0 Å². The maximum atomic E-state index is 11.9. The molecule has 1 saturated carbocycles. The number of hydrogen-bond donors (Lipinski definition) is 3. The predicted octanol–water partition coefficient (Wildman–Crippen LogP) is 0.327. The van der Waals surface area contributed by atoms with Gasteiger partial charge in [-0.3, -0.25) is 0 Å². The van der Waals surface area contributed by atoms with E-state index in [2.05, 4.69) is 4.72 Å². The van der Waals surface area contributed by atoms with Crippen LogP contribution in [0.15, 0.2) is 24.3 Å². The zero-order chi connectivity index (χ0) is 14.0. The van der Waals surface area contributed by atoms with E-state index in [1.54, 1.807) is 6.07 Å². The first kappa shape index (κ1) is 14.0. The van der Waals surface area contributed by atoms with E-state index in [0.717, 1.165) is 0 Å². The van der Waals surface area contributed by atoms with E-state index in [1.165, 1.54) is 18.2 Å². The fourth-order valence-corrected chi connectivity index (χ4v) is 3.40. The third-order valence-electron chi connectivity index (χ3n) is 2.99. The number of carboxylic acid groups (broad SMARTS) is 1. The number of aliphatic hydroxyl groups excluding tert-OH is 1. The molecule has 1 aromatic rings. The van der Waals surface area contributed by atoms with E-state index in [9.17, 15) is 13.2 Å². The van der Waals surface area contributed by atoms with Crippen molar-refractivity contribution in [1.29, 1.82) is 0 Å². The number of hydrogen-bond acceptors (Lipinski definition) is 4. The van der Waals surface area contributed by atoms with Gasteiger partial charge in [-0.2, -0.15) is 0 Å². The average Bonchev–Trinajstić information content (AvgIpc) is 2.26. The predicted molar refractivity (Wildman–Crippen MR) is 68.2 cm³/mol. The summed E-state index contributed by atoms with van der Waals surface area (Å²) in [6.45, 7) is 0. The van der Waals surface area contributed by atoms with Crippen molar-refractivity contribution in [2.45, 2.75) is 30.7 Å². The van der Waals surface area contributed by atoms with Crippen LogP contribution in [0.3, 0.4) is 0 Å². The first-order valence-electron chi connectivity index (χ1n) is 5.86. The minimum absolute atomic E-state index is 0.0618. The van der Waals surface area contributed by atoms with Gasteiger partial charge in [-0.1, -0.05) is 12.1 Å². The molecule has 1 aliphatic carbocycles. The summed E-state index contributed by atoms with van der Waals surface area (Å²) in [7, 11) is -3.51. The van der Waals surface area contributed by atoms with Crippen LogP contribution in [0.5, 0.6) is 0 Å². The normalized spacial score (nSPS) is 22.8. The number of rotatable bonds is 5. The van der Waals surface area contributed by atoms with Crippen molar-refractivity contribution >= 4 is 16.0 Å². The lowest BCUT2D eigenvalue weighted by molar-refractivity contribution is 0.0693. The van der Waals surface area contributed by atoms with Gasteiger partial charge in [0.05, 0.1) is 17.4 Å². The summed E-state index contributed by atoms with van der Waals surface area (Å²) in [4.78, 5) is 10.8. The molecule has 0 saturated heterocycles. The van der Waals surface area contributed by atoms with E-state index < -0.39 is 22.1 Å². The van der Waals surface area contributed by atoms with Gasteiger partial charge in [0.1, 0.15) is 0 Å². The van der Waals surface area contributed by atoms with Crippen LogP contribution < -0.4 is 4.72 Å². The molecule has 0 radical (unpaired) electrons. The Morgan fingerprint density at radius 1 is 1.37 bits per heavy atom. The molecule has 0 amide bonds. The van der Waals surface area contributed by atoms with E-state index in [-0.39, 0.29) is 17.4 Å². The van der Waals surface area contributed by atoms with Gasteiger partial charge in [0.2, 0.25) is 10.0 Å². The van der Waals surface area contributed by atoms with Crippen LogP contribution in [-0.4, -0.2) is 36.7 Å². The Morgan fingerprint density at radius 3 is 2.63 bits per heavy atom. The molecular weight excluding hydrogens is 270 g/mol. The first-order valence-corrected chi connectivity index (χ1v) is 7.51. The Balaban J connectivity index is 2.03. The second-order valence-electron chi connectivity index (χ2n) is 4.70. The molecule has 1 fully saturated rings. The van der Waals surface area contributed by atoms with Crippen LogP contribution in [0.25, 0.3) is 0 Å². The first-order chi connectivity index (χ1) is 8.85. The van der Waals surface area contributed by atoms with E-state index in [4.69, 9.17) is 10.2 Å². The van der Waals surface area contributed by atoms with Crippen LogP contribution in [0.1, 0.15) is 28.8 Å². The van der Waals surface area contributed by atoms with Gasteiger partial charge in [0.15, 0.2) is 0 Å². The van der Waals surface area contributed by atoms with Gasteiger partial charge in [-0.25, -0.2) is 17.9 Å². The lowest BCUT2D eigenvalue weighted by atomic mass is 9.91. The quantitative estimate of drug-likeness (QED) is 0.723. The van der Waals surface area contributed by atoms with E-state index in [0.29, 0.717) is 18.4 Å². The number of nitrogens with one attached hydrogen (secondary N) is 1. The van der Waals surface area contributed by atoms with Crippen molar-refractivity contribution in [3.8, 4) is 0 Å². The lowest BCUT2D eigenvalue weighted by Gasteiger charge is -2.31. The maximum Gasteiger partial charge on any atom is 0.335 e. The molecule has 0 heterocycles. The fourth-order valence-electron chi connectivity index (χ4n) is 1.99. The fraction of sp³-hybridized carbons (Fsp3) is 0.417. The molecule has 1 aromatic carbocycles. The van der Waals surface area contributed by atoms with Gasteiger partial charge in [0.25, 0.3) is 0 Å². The molecule has 1 aliphatic rings. The SMILES string of the molecule is O=C(O)c1cccc(CS(=O)(=O)NC2CC(O)C2)c1. The smallest absolute Gasteiger partial charge is 0.335 e. The molecule has 0 spiro atoms. The highest BCUT2D eigenvalue weighted by Crippen LogP contribution is 2.21. The van der Waals surface area contributed by atoms with Gasteiger partial charge in [-0.15, -0.1) is 0 Å². The minimum atomic E-state index is -3.51. The maximum absolute atomic E-state index is 11.9. The van der Waals surface area contributed by atoms with Gasteiger partial charge < -0.3 is 10.2 Å². The van der Waals surface area contributed by atoms with Crippen molar-refractivity contribution in [3.63, 3.8) is 0 Å². The van der Waals surface area contributed by atoms with Crippen LogP contribution in [0.4, 0.5) is 0 Å². The number of benzene rings is 1. The zero-order valence-corrected chi connectivity index (χ0v) is 10.9.